The molecular weight excluding hydrogens is 200 g/mol. The SMILES string of the molecule is CN.Cc1c(-c2ccccc2)nn(C)c1N. The third-order valence-corrected chi connectivity index (χ3v) is 2.39. The van der Waals surface area contributed by atoms with E-state index < -0.39 is 0 Å². The summed E-state index contributed by atoms with van der Waals surface area (Å²) in [5, 5.41) is 4.37. The molecule has 0 bridgehead atoms. The molecule has 0 saturated heterocycles. The Morgan fingerprint density at radius 3 is 2.12 bits per heavy atom. The molecule has 2 rings (SSSR count). The Morgan fingerprint density at radius 1 is 1.12 bits per heavy atom. The Hall–Kier alpha value is -1.81. The van der Waals surface area contributed by atoms with Gasteiger partial charge in [0.25, 0.3) is 0 Å². The number of benzene rings is 1. The molecule has 86 valence electrons. The van der Waals surface area contributed by atoms with Crippen LogP contribution in [0.3, 0.4) is 0 Å². The maximum atomic E-state index is 5.84. The molecule has 16 heavy (non-hydrogen) atoms. The first-order chi connectivity index (χ1) is 7.70. The minimum absolute atomic E-state index is 0.726. The molecule has 4 N–H and O–H groups in total. The van der Waals surface area contributed by atoms with Crippen LogP contribution in [0.2, 0.25) is 0 Å². The van der Waals surface area contributed by atoms with Gasteiger partial charge in [0.2, 0.25) is 0 Å². The molecule has 1 aromatic heterocycles. The first-order valence-electron chi connectivity index (χ1n) is 5.12. The fourth-order valence-corrected chi connectivity index (χ4v) is 1.51. The zero-order valence-electron chi connectivity index (χ0n) is 9.94. The summed E-state index contributed by atoms with van der Waals surface area (Å²) in [4.78, 5) is 0. The molecule has 0 spiro atoms. The predicted octanol–water partition coefficient (Wildman–Crippen LogP) is 1.55. The molecule has 0 atom stereocenters. The van der Waals surface area contributed by atoms with Gasteiger partial charge in [-0.15, -0.1) is 0 Å². The summed E-state index contributed by atoms with van der Waals surface area (Å²) in [7, 11) is 3.36. The summed E-state index contributed by atoms with van der Waals surface area (Å²) in [6.07, 6.45) is 0. The Labute approximate surface area is 95.9 Å². The van der Waals surface area contributed by atoms with E-state index in [1.165, 1.54) is 7.05 Å². The maximum absolute atomic E-state index is 5.84. The van der Waals surface area contributed by atoms with Gasteiger partial charge in [-0.3, -0.25) is 4.68 Å². The van der Waals surface area contributed by atoms with Crippen molar-refractivity contribution in [2.75, 3.05) is 12.8 Å². The monoisotopic (exact) mass is 218 g/mol. The number of hydrogen-bond donors (Lipinski definition) is 2. The Kier molecular flexibility index (Phi) is 4.08. The second-order valence-corrected chi connectivity index (χ2v) is 3.35. The summed E-state index contributed by atoms with van der Waals surface area (Å²) < 4.78 is 1.71. The van der Waals surface area contributed by atoms with Crippen molar-refractivity contribution in [3.63, 3.8) is 0 Å². The first kappa shape index (κ1) is 12.3. The van der Waals surface area contributed by atoms with E-state index in [-0.39, 0.29) is 0 Å². The van der Waals surface area contributed by atoms with E-state index in [9.17, 15) is 0 Å². The van der Waals surface area contributed by atoms with Crippen LogP contribution in [0, 0.1) is 6.92 Å². The zero-order chi connectivity index (χ0) is 12.1. The van der Waals surface area contributed by atoms with Gasteiger partial charge in [0, 0.05) is 18.2 Å². The van der Waals surface area contributed by atoms with E-state index in [1.807, 2.05) is 44.3 Å². The lowest BCUT2D eigenvalue weighted by molar-refractivity contribution is 0.782. The summed E-state index contributed by atoms with van der Waals surface area (Å²) in [6.45, 7) is 1.99. The largest absolute Gasteiger partial charge is 0.384 e. The van der Waals surface area contributed by atoms with Crippen molar-refractivity contribution in [3.05, 3.63) is 35.9 Å². The summed E-state index contributed by atoms with van der Waals surface area (Å²) >= 11 is 0. The van der Waals surface area contributed by atoms with E-state index in [4.69, 9.17) is 5.73 Å². The number of anilines is 1. The van der Waals surface area contributed by atoms with Gasteiger partial charge in [0.05, 0.1) is 5.69 Å². The summed E-state index contributed by atoms with van der Waals surface area (Å²) in [5.74, 6) is 0.726. The topological polar surface area (TPSA) is 69.9 Å². The van der Waals surface area contributed by atoms with Crippen LogP contribution in [-0.4, -0.2) is 16.8 Å². The number of aryl methyl sites for hydroxylation is 1. The molecule has 0 radical (unpaired) electrons. The van der Waals surface area contributed by atoms with Crippen LogP contribution < -0.4 is 11.5 Å². The predicted molar refractivity (Wildman–Crippen MR) is 67.9 cm³/mol. The number of aromatic nitrogens is 2. The molecule has 0 aliphatic heterocycles. The van der Waals surface area contributed by atoms with Crippen molar-refractivity contribution in [2.24, 2.45) is 12.8 Å². The maximum Gasteiger partial charge on any atom is 0.124 e. The molecule has 4 heteroatoms. The highest BCUT2D eigenvalue weighted by atomic mass is 15.3. The molecule has 0 aliphatic rings. The molecule has 0 aliphatic carbocycles. The minimum atomic E-state index is 0.726. The third kappa shape index (κ3) is 2.23. The van der Waals surface area contributed by atoms with E-state index in [0.29, 0.717) is 0 Å². The van der Waals surface area contributed by atoms with Crippen molar-refractivity contribution < 1.29 is 0 Å². The quantitative estimate of drug-likeness (QED) is 0.763. The fourth-order valence-electron chi connectivity index (χ4n) is 1.51. The van der Waals surface area contributed by atoms with Crippen molar-refractivity contribution in [1.82, 2.24) is 9.78 Å². The Balaban J connectivity index is 0.000000606. The molecule has 2 aromatic rings. The molecule has 1 heterocycles. The average molecular weight is 218 g/mol. The highest BCUT2D eigenvalue weighted by Gasteiger charge is 2.10. The Morgan fingerprint density at radius 2 is 1.69 bits per heavy atom. The second kappa shape index (κ2) is 5.32. The molecule has 0 unspecified atom stereocenters. The number of nitrogens with two attached hydrogens (primary N) is 2. The van der Waals surface area contributed by atoms with Crippen molar-refractivity contribution >= 4 is 5.82 Å². The van der Waals surface area contributed by atoms with Gasteiger partial charge in [-0.25, -0.2) is 0 Å². The number of hydrogen-bond acceptors (Lipinski definition) is 3. The number of nitrogen functional groups attached to an aromatic ring is 1. The van der Waals surface area contributed by atoms with Gasteiger partial charge in [0.15, 0.2) is 0 Å². The Bertz CT molecular complexity index is 446. The summed E-state index contributed by atoms with van der Waals surface area (Å²) in [5.41, 5.74) is 13.5. The lowest BCUT2D eigenvalue weighted by Crippen LogP contribution is -1.97. The first-order valence-corrected chi connectivity index (χ1v) is 5.12. The smallest absolute Gasteiger partial charge is 0.124 e. The minimum Gasteiger partial charge on any atom is -0.384 e. The second-order valence-electron chi connectivity index (χ2n) is 3.35. The van der Waals surface area contributed by atoms with Gasteiger partial charge in [-0.05, 0) is 14.0 Å². The molecular formula is C12H18N4. The number of nitrogens with zero attached hydrogens (tertiary/aromatic N) is 2. The summed E-state index contributed by atoms with van der Waals surface area (Å²) in [6, 6.07) is 10.1. The van der Waals surface area contributed by atoms with Gasteiger partial charge < -0.3 is 11.5 Å². The zero-order valence-corrected chi connectivity index (χ0v) is 9.94. The number of rotatable bonds is 1. The van der Waals surface area contributed by atoms with E-state index >= 15 is 0 Å². The van der Waals surface area contributed by atoms with Crippen molar-refractivity contribution in [2.45, 2.75) is 6.92 Å². The van der Waals surface area contributed by atoms with E-state index in [1.54, 1.807) is 4.68 Å². The van der Waals surface area contributed by atoms with Crippen LogP contribution in [0.25, 0.3) is 11.3 Å². The third-order valence-electron chi connectivity index (χ3n) is 2.39. The highest BCUT2D eigenvalue weighted by molar-refractivity contribution is 5.67. The fraction of sp³-hybridized carbons (Fsp3) is 0.250. The molecule has 0 fully saturated rings. The highest BCUT2D eigenvalue weighted by Crippen LogP contribution is 2.24. The van der Waals surface area contributed by atoms with Gasteiger partial charge >= 0.3 is 0 Å². The normalized spacial score (nSPS) is 9.50. The molecule has 1 aromatic carbocycles. The van der Waals surface area contributed by atoms with Crippen molar-refractivity contribution in [3.8, 4) is 11.3 Å². The van der Waals surface area contributed by atoms with Crippen LogP contribution >= 0.6 is 0 Å². The van der Waals surface area contributed by atoms with Crippen LogP contribution in [0.1, 0.15) is 5.56 Å². The lowest BCUT2D eigenvalue weighted by atomic mass is 10.1. The van der Waals surface area contributed by atoms with Gasteiger partial charge in [0.1, 0.15) is 5.82 Å². The van der Waals surface area contributed by atoms with E-state index in [0.717, 1.165) is 22.6 Å². The van der Waals surface area contributed by atoms with Gasteiger partial charge in [-0.1, -0.05) is 30.3 Å². The van der Waals surface area contributed by atoms with Crippen molar-refractivity contribution in [1.29, 1.82) is 0 Å². The molecule has 0 saturated carbocycles. The van der Waals surface area contributed by atoms with Crippen LogP contribution in [0.4, 0.5) is 5.82 Å². The molecule has 0 amide bonds. The van der Waals surface area contributed by atoms with Crippen LogP contribution in [0.15, 0.2) is 30.3 Å². The lowest BCUT2D eigenvalue weighted by Gasteiger charge is -1.96. The van der Waals surface area contributed by atoms with E-state index in [2.05, 4.69) is 10.8 Å². The van der Waals surface area contributed by atoms with Crippen LogP contribution in [-0.2, 0) is 7.05 Å². The molecule has 4 nitrogen and oxygen atoms in total. The standard InChI is InChI=1S/C11H13N3.CH5N/c1-8-10(13-14(2)11(8)12)9-6-4-3-5-7-9;1-2/h3-7H,12H2,1-2H3;2H2,1H3. The van der Waals surface area contributed by atoms with Crippen LogP contribution in [0.5, 0.6) is 0 Å². The van der Waals surface area contributed by atoms with Gasteiger partial charge in [-0.2, -0.15) is 5.10 Å². The average Bonchev–Trinajstić information content (AvgIpc) is 2.61.